The second-order valence-corrected chi connectivity index (χ2v) is 6.86. The number of hydrogen-bond donors (Lipinski definition) is 2. The van der Waals surface area contributed by atoms with Gasteiger partial charge in [-0.3, -0.25) is 9.78 Å². The highest BCUT2D eigenvalue weighted by Crippen LogP contribution is 2.40. The van der Waals surface area contributed by atoms with Crippen molar-refractivity contribution in [3.8, 4) is 11.4 Å². The van der Waals surface area contributed by atoms with Gasteiger partial charge in [-0.2, -0.15) is 0 Å². The third-order valence-electron chi connectivity index (χ3n) is 4.89. The third-order valence-corrected chi connectivity index (χ3v) is 4.89. The minimum Gasteiger partial charge on any atom is -0.345 e. The monoisotopic (exact) mass is 354 g/mol. The van der Waals surface area contributed by atoms with Crippen LogP contribution in [0, 0.1) is 0 Å². The highest BCUT2D eigenvalue weighted by molar-refractivity contribution is 6.12. The fraction of sp³-hybridized carbons (Fsp3) is 0.136. The van der Waals surface area contributed by atoms with Crippen LogP contribution >= 0.6 is 0 Å². The van der Waals surface area contributed by atoms with Crippen molar-refractivity contribution in [1.29, 1.82) is 0 Å². The Bertz CT molecular complexity index is 1110. The van der Waals surface area contributed by atoms with E-state index in [1.54, 1.807) is 12.4 Å². The van der Waals surface area contributed by atoms with Crippen LogP contribution in [0.25, 0.3) is 22.3 Å². The van der Waals surface area contributed by atoms with E-state index in [9.17, 15) is 4.79 Å². The number of hydrogen-bond acceptors (Lipinski definition) is 3. The first-order chi connectivity index (χ1) is 13.3. The summed E-state index contributed by atoms with van der Waals surface area (Å²) in [6.45, 7) is 0. The van der Waals surface area contributed by atoms with E-state index in [-0.39, 0.29) is 5.91 Å². The van der Waals surface area contributed by atoms with Crippen molar-refractivity contribution in [1.82, 2.24) is 15.0 Å². The normalized spacial score (nSPS) is 13.6. The summed E-state index contributed by atoms with van der Waals surface area (Å²) in [6.07, 6.45) is 5.81. The van der Waals surface area contributed by atoms with E-state index in [0.29, 0.717) is 11.5 Å². The van der Waals surface area contributed by atoms with Gasteiger partial charge in [0, 0.05) is 40.6 Å². The molecule has 1 aliphatic carbocycles. The lowest BCUT2D eigenvalue weighted by Crippen LogP contribution is -2.13. The fourth-order valence-corrected chi connectivity index (χ4v) is 3.30. The molecule has 5 nitrogen and oxygen atoms in total. The van der Waals surface area contributed by atoms with Crippen LogP contribution < -0.4 is 5.32 Å². The first kappa shape index (κ1) is 15.8. The summed E-state index contributed by atoms with van der Waals surface area (Å²) in [5, 5.41) is 3.89. The zero-order valence-corrected chi connectivity index (χ0v) is 14.6. The molecule has 2 aromatic heterocycles. The maximum Gasteiger partial charge on any atom is 0.256 e. The van der Waals surface area contributed by atoms with Crippen LogP contribution in [0.1, 0.15) is 34.8 Å². The maximum absolute atomic E-state index is 13.0. The molecule has 2 heterocycles. The van der Waals surface area contributed by atoms with Gasteiger partial charge in [-0.15, -0.1) is 0 Å². The Morgan fingerprint density at radius 3 is 2.63 bits per heavy atom. The van der Waals surface area contributed by atoms with Crippen molar-refractivity contribution >= 4 is 22.5 Å². The van der Waals surface area contributed by atoms with Gasteiger partial charge in [0.25, 0.3) is 5.91 Å². The van der Waals surface area contributed by atoms with Crippen molar-refractivity contribution < 1.29 is 4.79 Å². The first-order valence-corrected chi connectivity index (χ1v) is 9.09. The number of aromatic amines is 1. The number of rotatable bonds is 4. The molecule has 1 aliphatic rings. The average Bonchev–Trinajstić information content (AvgIpc) is 3.42. The summed E-state index contributed by atoms with van der Waals surface area (Å²) >= 11 is 0. The lowest BCUT2D eigenvalue weighted by atomic mass is 10.1. The Hall–Kier alpha value is -3.47. The summed E-state index contributed by atoms with van der Waals surface area (Å²) in [4.78, 5) is 25.0. The van der Waals surface area contributed by atoms with E-state index >= 15 is 0 Å². The number of nitrogens with zero attached hydrogens (tertiary/aromatic N) is 2. The number of para-hydroxylation sites is 1. The van der Waals surface area contributed by atoms with Crippen molar-refractivity contribution in [2.24, 2.45) is 0 Å². The highest BCUT2D eigenvalue weighted by Gasteiger charge is 2.27. The molecule has 0 unspecified atom stereocenters. The van der Waals surface area contributed by atoms with E-state index in [4.69, 9.17) is 4.98 Å². The molecule has 0 aliphatic heterocycles. The van der Waals surface area contributed by atoms with Crippen molar-refractivity contribution in [3.05, 3.63) is 78.2 Å². The number of fused-ring (bicyclic) bond motifs is 1. The number of anilines is 1. The van der Waals surface area contributed by atoms with Crippen LogP contribution in [0.2, 0.25) is 0 Å². The molecule has 0 radical (unpaired) electrons. The Morgan fingerprint density at radius 1 is 1.07 bits per heavy atom. The molecule has 2 aromatic carbocycles. The van der Waals surface area contributed by atoms with E-state index in [1.165, 1.54) is 0 Å². The van der Waals surface area contributed by atoms with Gasteiger partial charge in [0.2, 0.25) is 0 Å². The Labute approximate surface area is 156 Å². The van der Waals surface area contributed by atoms with E-state index in [0.717, 1.165) is 46.5 Å². The second-order valence-electron chi connectivity index (χ2n) is 6.86. The SMILES string of the molecule is O=C(Nc1ccc(-c2ncc[nH]2)cc1)c1cc(C2CC2)nc2ccccc12. The zero-order chi connectivity index (χ0) is 18.2. The predicted molar refractivity (Wildman–Crippen MR) is 106 cm³/mol. The number of H-pyrrole nitrogens is 1. The molecule has 2 N–H and O–H groups in total. The van der Waals surface area contributed by atoms with Crippen molar-refractivity contribution in [2.75, 3.05) is 5.32 Å². The molecule has 0 atom stereocenters. The lowest BCUT2D eigenvalue weighted by Gasteiger charge is -2.10. The van der Waals surface area contributed by atoms with Crippen molar-refractivity contribution in [2.45, 2.75) is 18.8 Å². The van der Waals surface area contributed by atoms with Gasteiger partial charge in [0.1, 0.15) is 5.82 Å². The molecule has 4 aromatic rings. The number of benzene rings is 2. The molecule has 5 heteroatoms. The summed E-state index contributed by atoms with van der Waals surface area (Å²) in [7, 11) is 0. The number of carbonyl (C=O) groups excluding carboxylic acids is 1. The molecule has 1 fully saturated rings. The highest BCUT2D eigenvalue weighted by atomic mass is 16.1. The minimum atomic E-state index is -0.110. The van der Waals surface area contributed by atoms with Gasteiger partial charge < -0.3 is 10.3 Å². The van der Waals surface area contributed by atoms with Crippen LogP contribution in [-0.2, 0) is 0 Å². The van der Waals surface area contributed by atoms with Gasteiger partial charge in [0.15, 0.2) is 0 Å². The molecule has 27 heavy (non-hydrogen) atoms. The standard InChI is InChI=1S/C22H18N4O/c27-22(25-16-9-7-15(8-10-16)21-23-11-12-24-21)18-13-20(14-5-6-14)26-19-4-2-1-3-17(18)19/h1-4,7-14H,5-6H2,(H,23,24)(H,25,27). The van der Waals surface area contributed by atoms with Crippen LogP contribution in [0.15, 0.2) is 67.0 Å². The van der Waals surface area contributed by atoms with E-state index < -0.39 is 0 Å². The van der Waals surface area contributed by atoms with Crippen LogP contribution in [0.4, 0.5) is 5.69 Å². The molecule has 5 rings (SSSR count). The van der Waals surface area contributed by atoms with Gasteiger partial charge in [-0.1, -0.05) is 18.2 Å². The summed E-state index contributed by atoms with van der Waals surface area (Å²) < 4.78 is 0. The minimum absolute atomic E-state index is 0.110. The van der Waals surface area contributed by atoms with Crippen molar-refractivity contribution in [3.63, 3.8) is 0 Å². The number of imidazole rings is 1. The van der Waals surface area contributed by atoms with E-state index in [2.05, 4.69) is 15.3 Å². The lowest BCUT2D eigenvalue weighted by molar-refractivity contribution is 0.102. The van der Waals surface area contributed by atoms with Gasteiger partial charge in [-0.25, -0.2) is 4.98 Å². The Balaban J connectivity index is 1.45. The largest absolute Gasteiger partial charge is 0.345 e. The van der Waals surface area contributed by atoms with E-state index in [1.807, 2.05) is 54.6 Å². The Morgan fingerprint density at radius 2 is 1.89 bits per heavy atom. The molecular formula is C22H18N4O. The molecule has 0 spiro atoms. The van der Waals surface area contributed by atoms with Gasteiger partial charge in [0.05, 0.1) is 11.1 Å². The summed E-state index contributed by atoms with van der Waals surface area (Å²) in [5.41, 5.74) is 4.30. The van der Waals surface area contributed by atoms with Gasteiger partial charge >= 0.3 is 0 Å². The van der Waals surface area contributed by atoms with Gasteiger partial charge in [-0.05, 0) is 49.2 Å². The average molecular weight is 354 g/mol. The van der Waals surface area contributed by atoms with Crippen LogP contribution in [0.5, 0.6) is 0 Å². The van der Waals surface area contributed by atoms with Crippen LogP contribution in [-0.4, -0.2) is 20.9 Å². The number of amides is 1. The molecular weight excluding hydrogens is 336 g/mol. The second kappa shape index (κ2) is 6.36. The topological polar surface area (TPSA) is 70.7 Å². The molecule has 132 valence electrons. The molecule has 0 saturated heterocycles. The summed E-state index contributed by atoms with van der Waals surface area (Å²) in [5.74, 6) is 1.19. The number of pyridine rings is 1. The number of carbonyl (C=O) groups is 1. The Kier molecular flexibility index (Phi) is 3.71. The fourth-order valence-electron chi connectivity index (χ4n) is 3.30. The molecule has 1 saturated carbocycles. The molecule has 0 bridgehead atoms. The third kappa shape index (κ3) is 3.08. The predicted octanol–water partition coefficient (Wildman–Crippen LogP) is 4.75. The smallest absolute Gasteiger partial charge is 0.256 e. The quantitative estimate of drug-likeness (QED) is 0.555. The molecule has 1 amide bonds. The number of aromatic nitrogens is 3. The zero-order valence-electron chi connectivity index (χ0n) is 14.6. The summed E-state index contributed by atoms with van der Waals surface area (Å²) in [6, 6.07) is 17.4. The first-order valence-electron chi connectivity index (χ1n) is 9.09. The van der Waals surface area contributed by atoms with Crippen LogP contribution in [0.3, 0.4) is 0 Å². The number of nitrogens with one attached hydrogen (secondary N) is 2. The maximum atomic E-state index is 13.0.